The smallest absolute Gasteiger partial charge is 0.308 e. The van der Waals surface area contributed by atoms with Crippen LogP contribution < -0.4 is 10.1 Å². The first kappa shape index (κ1) is 19.4. The molecule has 7 heteroatoms. The van der Waals surface area contributed by atoms with Gasteiger partial charge in [0, 0.05) is 44.1 Å². The minimum atomic E-state index is -0.885. The summed E-state index contributed by atoms with van der Waals surface area (Å²) in [6.45, 7) is 1.93. The largest absolute Gasteiger partial charge is 0.493 e. The van der Waals surface area contributed by atoms with Gasteiger partial charge in [-0.2, -0.15) is 0 Å². The van der Waals surface area contributed by atoms with Crippen LogP contribution in [0.25, 0.3) is 11.1 Å². The van der Waals surface area contributed by atoms with Gasteiger partial charge in [0.25, 0.3) is 5.91 Å². The number of aliphatic carboxylic acids is 1. The highest BCUT2D eigenvalue weighted by atomic mass is 16.5. The van der Waals surface area contributed by atoms with Crippen molar-refractivity contribution in [3.63, 3.8) is 0 Å². The summed E-state index contributed by atoms with van der Waals surface area (Å²) in [6, 6.07) is 7.74. The maximum Gasteiger partial charge on any atom is 0.308 e. The Hall–Kier alpha value is -2.93. The standard InChI is InChI=1S/C22H24N2O5/c25-21(24-13-19(22(26)27)14-3-6-28-7-4-14)18-10-17(11-23-12-18)15-1-2-20-16(9-15)5-8-29-20/h1-2,9-12,14,19H,3-8,13H2,(H,24,25)(H,26,27). The molecule has 1 saturated heterocycles. The molecule has 1 amide bonds. The summed E-state index contributed by atoms with van der Waals surface area (Å²) in [7, 11) is 0. The second-order valence-corrected chi connectivity index (χ2v) is 7.49. The average Bonchev–Trinajstić information content (AvgIpc) is 3.22. The van der Waals surface area contributed by atoms with E-state index in [2.05, 4.69) is 16.4 Å². The molecular formula is C22H24N2O5. The van der Waals surface area contributed by atoms with Gasteiger partial charge in [-0.1, -0.05) is 6.07 Å². The van der Waals surface area contributed by atoms with Crippen LogP contribution in [0.5, 0.6) is 5.75 Å². The first-order chi connectivity index (χ1) is 14.1. The zero-order chi connectivity index (χ0) is 20.2. The lowest BCUT2D eigenvalue weighted by Crippen LogP contribution is -2.39. The Bertz CT molecular complexity index is 908. The topological polar surface area (TPSA) is 97.8 Å². The molecule has 7 nitrogen and oxygen atoms in total. The number of hydrogen-bond acceptors (Lipinski definition) is 5. The van der Waals surface area contributed by atoms with E-state index >= 15 is 0 Å². The summed E-state index contributed by atoms with van der Waals surface area (Å²) in [5, 5.41) is 12.3. The van der Waals surface area contributed by atoms with Crippen molar-refractivity contribution in [1.82, 2.24) is 10.3 Å². The summed E-state index contributed by atoms with van der Waals surface area (Å²) >= 11 is 0. The van der Waals surface area contributed by atoms with Gasteiger partial charge in [-0.05, 0) is 48.1 Å². The first-order valence-corrected chi connectivity index (χ1v) is 9.91. The van der Waals surface area contributed by atoms with Crippen molar-refractivity contribution in [3.8, 4) is 16.9 Å². The molecule has 2 aliphatic heterocycles. The molecule has 2 aliphatic rings. The predicted molar refractivity (Wildman–Crippen MR) is 106 cm³/mol. The molecule has 0 bridgehead atoms. The Kier molecular flexibility index (Phi) is 5.76. The van der Waals surface area contributed by atoms with Gasteiger partial charge in [-0.25, -0.2) is 0 Å². The fourth-order valence-corrected chi connectivity index (χ4v) is 3.97. The Morgan fingerprint density at radius 3 is 2.76 bits per heavy atom. The van der Waals surface area contributed by atoms with Crippen LogP contribution in [-0.4, -0.2) is 48.3 Å². The molecule has 4 rings (SSSR count). The van der Waals surface area contributed by atoms with E-state index in [1.54, 1.807) is 12.3 Å². The highest BCUT2D eigenvalue weighted by Crippen LogP contribution is 2.30. The molecule has 1 aromatic heterocycles. The highest BCUT2D eigenvalue weighted by molar-refractivity contribution is 5.95. The Morgan fingerprint density at radius 2 is 1.97 bits per heavy atom. The number of carboxylic acid groups (broad SMARTS) is 1. The van der Waals surface area contributed by atoms with Crippen molar-refractivity contribution in [1.29, 1.82) is 0 Å². The molecule has 0 saturated carbocycles. The normalized spacial score (nSPS) is 17.2. The number of carbonyl (C=O) groups excluding carboxylic acids is 1. The Balaban J connectivity index is 1.45. The fourth-order valence-electron chi connectivity index (χ4n) is 3.97. The molecular weight excluding hydrogens is 372 g/mol. The van der Waals surface area contributed by atoms with E-state index in [1.807, 2.05) is 12.1 Å². The molecule has 0 spiro atoms. The van der Waals surface area contributed by atoms with Crippen LogP contribution in [0.2, 0.25) is 0 Å². The van der Waals surface area contributed by atoms with Crippen LogP contribution in [0.4, 0.5) is 0 Å². The summed E-state index contributed by atoms with van der Waals surface area (Å²) < 4.78 is 10.9. The van der Waals surface area contributed by atoms with Crippen molar-refractivity contribution < 1.29 is 24.2 Å². The van der Waals surface area contributed by atoms with Gasteiger partial charge in [0.1, 0.15) is 5.75 Å². The average molecular weight is 396 g/mol. The van der Waals surface area contributed by atoms with Gasteiger partial charge in [0.2, 0.25) is 0 Å². The number of pyridine rings is 1. The summed E-state index contributed by atoms with van der Waals surface area (Å²) in [6.07, 6.45) is 5.49. The van der Waals surface area contributed by atoms with E-state index in [4.69, 9.17) is 9.47 Å². The number of hydrogen-bond donors (Lipinski definition) is 2. The van der Waals surface area contributed by atoms with Crippen molar-refractivity contribution in [2.75, 3.05) is 26.4 Å². The first-order valence-electron chi connectivity index (χ1n) is 9.91. The maximum atomic E-state index is 12.6. The zero-order valence-electron chi connectivity index (χ0n) is 16.1. The van der Waals surface area contributed by atoms with Gasteiger partial charge >= 0.3 is 5.97 Å². The highest BCUT2D eigenvalue weighted by Gasteiger charge is 2.30. The summed E-state index contributed by atoms with van der Waals surface area (Å²) in [5.41, 5.74) is 3.38. The fraction of sp³-hybridized carbons (Fsp3) is 0.409. The number of carbonyl (C=O) groups is 2. The number of aromatic nitrogens is 1. The minimum Gasteiger partial charge on any atom is -0.493 e. The molecule has 152 valence electrons. The van der Waals surface area contributed by atoms with Gasteiger partial charge in [0.15, 0.2) is 0 Å². The molecule has 3 heterocycles. The Labute approximate surface area is 169 Å². The molecule has 2 aromatic rings. The molecule has 0 radical (unpaired) electrons. The molecule has 29 heavy (non-hydrogen) atoms. The summed E-state index contributed by atoms with van der Waals surface area (Å²) in [4.78, 5) is 28.5. The lowest BCUT2D eigenvalue weighted by atomic mass is 9.86. The molecule has 1 atom stereocenters. The molecule has 1 fully saturated rings. The van der Waals surface area contributed by atoms with Gasteiger partial charge in [-0.15, -0.1) is 0 Å². The third-order valence-electron chi connectivity index (χ3n) is 5.66. The molecule has 1 aromatic carbocycles. The second kappa shape index (κ2) is 8.61. The zero-order valence-corrected chi connectivity index (χ0v) is 16.1. The number of amides is 1. The second-order valence-electron chi connectivity index (χ2n) is 7.49. The van der Waals surface area contributed by atoms with E-state index in [0.717, 1.165) is 28.9 Å². The number of carboxylic acids is 1. The Morgan fingerprint density at radius 1 is 1.14 bits per heavy atom. The quantitative estimate of drug-likeness (QED) is 0.779. The number of nitrogens with zero attached hydrogens (tertiary/aromatic N) is 1. The van der Waals surface area contributed by atoms with Crippen molar-refractivity contribution in [2.45, 2.75) is 19.3 Å². The minimum absolute atomic E-state index is 0.0136. The number of nitrogens with one attached hydrogen (secondary N) is 1. The van der Waals surface area contributed by atoms with E-state index in [9.17, 15) is 14.7 Å². The number of benzene rings is 1. The third-order valence-corrected chi connectivity index (χ3v) is 5.66. The van der Waals surface area contributed by atoms with Crippen LogP contribution >= 0.6 is 0 Å². The lowest BCUT2D eigenvalue weighted by molar-refractivity contribution is -0.144. The number of ether oxygens (including phenoxy) is 2. The van der Waals surface area contributed by atoms with Gasteiger partial charge < -0.3 is 19.9 Å². The lowest BCUT2D eigenvalue weighted by Gasteiger charge is -2.27. The van der Waals surface area contributed by atoms with Crippen molar-refractivity contribution in [3.05, 3.63) is 47.8 Å². The van der Waals surface area contributed by atoms with Crippen LogP contribution in [0, 0.1) is 11.8 Å². The SMILES string of the molecule is O=C(NCC(C(=O)O)C1CCOCC1)c1cncc(-c2ccc3c(c2)CCO3)c1. The van der Waals surface area contributed by atoms with E-state index in [1.165, 1.54) is 6.20 Å². The van der Waals surface area contributed by atoms with Crippen LogP contribution in [0.1, 0.15) is 28.8 Å². The van der Waals surface area contributed by atoms with E-state index in [0.29, 0.717) is 38.2 Å². The van der Waals surface area contributed by atoms with E-state index in [-0.39, 0.29) is 18.4 Å². The maximum absolute atomic E-state index is 12.6. The number of rotatable bonds is 6. The van der Waals surface area contributed by atoms with Crippen molar-refractivity contribution >= 4 is 11.9 Å². The van der Waals surface area contributed by atoms with Gasteiger partial charge in [-0.3, -0.25) is 14.6 Å². The molecule has 1 unspecified atom stereocenters. The monoisotopic (exact) mass is 396 g/mol. The summed E-state index contributed by atoms with van der Waals surface area (Å²) in [5.74, 6) is -0.898. The van der Waals surface area contributed by atoms with Crippen LogP contribution in [-0.2, 0) is 16.0 Å². The predicted octanol–water partition coefficient (Wildman–Crippen LogP) is 2.54. The van der Waals surface area contributed by atoms with E-state index < -0.39 is 11.9 Å². The van der Waals surface area contributed by atoms with Crippen molar-refractivity contribution in [2.24, 2.45) is 11.8 Å². The molecule has 2 N–H and O–H groups in total. The molecule has 0 aliphatic carbocycles. The van der Waals surface area contributed by atoms with Crippen LogP contribution in [0.15, 0.2) is 36.7 Å². The number of fused-ring (bicyclic) bond motifs is 1. The van der Waals surface area contributed by atoms with Gasteiger partial charge in [0.05, 0.1) is 18.1 Å². The van der Waals surface area contributed by atoms with Crippen LogP contribution in [0.3, 0.4) is 0 Å². The third kappa shape index (κ3) is 4.40.